The molecule has 2 aromatic carbocycles. The maximum Gasteiger partial charge on any atom is 0.251 e. The second-order valence-electron chi connectivity index (χ2n) is 4.36. The van der Waals surface area contributed by atoms with Crippen molar-refractivity contribution >= 4 is 21.8 Å². The molecule has 0 aliphatic heterocycles. The zero-order valence-corrected chi connectivity index (χ0v) is 12.2. The summed E-state index contributed by atoms with van der Waals surface area (Å²) in [6, 6.07) is 13.4. The highest BCUT2D eigenvalue weighted by atomic mass is 79.9. The van der Waals surface area contributed by atoms with Crippen molar-refractivity contribution in [3.63, 3.8) is 0 Å². The summed E-state index contributed by atoms with van der Waals surface area (Å²) < 4.78 is 13.4. The van der Waals surface area contributed by atoms with E-state index in [2.05, 4.69) is 21.2 Å². The fraction of sp³-hybridized carbons (Fsp3) is 0.133. The summed E-state index contributed by atoms with van der Waals surface area (Å²) in [6.07, 6.45) is 0. The molecule has 0 heterocycles. The Kier molecular flexibility index (Phi) is 4.87. The number of nitrogens with one attached hydrogen (secondary N) is 1. The molecule has 3 nitrogen and oxygen atoms in total. The van der Waals surface area contributed by atoms with Crippen molar-refractivity contribution in [1.82, 2.24) is 5.32 Å². The summed E-state index contributed by atoms with van der Waals surface area (Å²) in [7, 11) is 0. The van der Waals surface area contributed by atoms with Gasteiger partial charge in [-0.2, -0.15) is 0 Å². The van der Waals surface area contributed by atoms with Gasteiger partial charge in [0.1, 0.15) is 5.82 Å². The van der Waals surface area contributed by atoms with Crippen LogP contribution >= 0.6 is 15.9 Å². The third-order valence-electron chi connectivity index (χ3n) is 2.89. The van der Waals surface area contributed by atoms with Gasteiger partial charge in [0.05, 0.1) is 4.47 Å². The lowest BCUT2D eigenvalue weighted by molar-refractivity contribution is 0.0951. The van der Waals surface area contributed by atoms with Crippen molar-refractivity contribution in [2.24, 2.45) is 5.73 Å². The minimum atomic E-state index is -0.400. The summed E-state index contributed by atoms with van der Waals surface area (Å²) >= 11 is 3.05. The average Bonchev–Trinajstić information content (AvgIpc) is 2.48. The number of hydrogen-bond acceptors (Lipinski definition) is 2. The molecule has 0 aliphatic carbocycles. The van der Waals surface area contributed by atoms with Gasteiger partial charge < -0.3 is 11.1 Å². The van der Waals surface area contributed by atoms with E-state index in [-0.39, 0.29) is 16.4 Å². The number of rotatable bonds is 4. The van der Waals surface area contributed by atoms with Gasteiger partial charge in [-0.3, -0.25) is 4.79 Å². The average molecular weight is 337 g/mol. The van der Waals surface area contributed by atoms with Gasteiger partial charge in [0.15, 0.2) is 0 Å². The van der Waals surface area contributed by atoms with E-state index in [1.165, 1.54) is 18.2 Å². The molecule has 5 heteroatoms. The SMILES string of the molecule is NC(CNC(=O)c1ccc(F)c(Br)c1)c1ccccc1. The summed E-state index contributed by atoms with van der Waals surface area (Å²) in [4.78, 5) is 11.9. The first kappa shape index (κ1) is 14.7. The van der Waals surface area contributed by atoms with Crippen LogP contribution in [0, 0.1) is 5.82 Å². The van der Waals surface area contributed by atoms with Gasteiger partial charge >= 0.3 is 0 Å². The monoisotopic (exact) mass is 336 g/mol. The third-order valence-corrected chi connectivity index (χ3v) is 3.50. The lowest BCUT2D eigenvalue weighted by Gasteiger charge is -2.13. The van der Waals surface area contributed by atoms with Gasteiger partial charge in [-0.25, -0.2) is 4.39 Å². The normalized spacial score (nSPS) is 11.9. The zero-order valence-electron chi connectivity index (χ0n) is 10.6. The van der Waals surface area contributed by atoms with Gasteiger partial charge in [0.25, 0.3) is 5.91 Å². The first-order chi connectivity index (χ1) is 9.58. The minimum Gasteiger partial charge on any atom is -0.350 e. The molecule has 0 aliphatic rings. The molecule has 104 valence electrons. The van der Waals surface area contributed by atoms with Crippen LogP contribution in [0.25, 0.3) is 0 Å². The Morgan fingerprint density at radius 1 is 1.25 bits per heavy atom. The molecule has 1 amide bonds. The second-order valence-corrected chi connectivity index (χ2v) is 5.21. The number of nitrogens with two attached hydrogens (primary N) is 1. The van der Waals surface area contributed by atoms with Crippen LogP contribution in [0.4, 0.5) is 4.39 Å². The van der Waals surface area contributed by atoms with E-state index in [0.717, 1.165) is 5.56 Å². The molecule has 0 saturated heterocycles. The van der Waals surface area contributed by atoms with Crippen LogP contribution in [-0.2, 0) is 0 Å². The number of halogens is 2. The first-order valence-corrected chi connectivity index (χ1v) is 6.91. The number of carbonyl (C=O) groups is 1. The lowest BCUT2D eigenvalue weighted by atomic mass is 10.1. The van der Waals surface area contributed by atoms with Crippen molar-refractivity contribution < 1.29 is 9.18 Å². The van der Waals surface area contributed by atoms with Crippen molar-refractivity contribution in [2.45, 2.75) is 6.04 Å². The molecule has 20 heavy (non-hydrogen) atoms. The number of carbonyl (C=O) groups excluding carboxylic acids is 1. The van der Waals surface area contributed by atoms with Gasteiger partial charge in [0, 0.05) is 18.2 Å². The minimum absolute atomic E-state index is 0.262. The molecule has 0 aromatic heterocycles. The van der Waals surface area contributed by atoms with Gasteiger partial charge in [-0.1, -0.05) is 30.3 Å². The molecule has 2 rings (SSSR count). The van der Waals surface area contributed by atoms with Gasteiger partial charge in [0.2, 0.25) is 0 Å². The van der Waals surface area contributed by atoms with Gasteiger partial charge in [-0.15, -0.1) is 0 Å². The molecule has 0 bridgehead atoms. The maximum absolute atomic E-state index is 13.1. The summed E-state index contributed by atoms with van der Waals surface area (Å²) in [5.41, 5.74) is 7.33. The molecule has 0 radical (unpaired) electrons. The lowest BCUT2D eigenvalue weighted by Crippen LogP contribution is -2.31. The molecule has 0 saturated carbocycles. The van der Waals surface area contributed by atoms with E-state index in [9.17, 15) is 9.18 Å². The van der Waals surface area contributed by atoms with E-state index in [0.29, 0.717) is 12.1 Å². The number of hydrogen-bond donors (Lipinski definition) is 2. The Morgan fingerprint density at radius 2 is 1.95 bits per heavy atom. The topological polar surface area (TPSA) is 55.1 Å². The molecular formula is C15H14BrFN2O. The molecule has 3 N–H and O–H groups in total. The highest BCUT2D eigenvalue weighted by Gasteiger charge is 2.11. The van der Waals surface area contributed by atoms with Crippen LogP contribution in [-0.4, -0.2) is 12.5 Å². The van der Waals surface area contributed by atoms with Crippen molar-refractivity contribution in [3.05, 3.63) is 69.9 Å². The van der Waals surface area contributed by atoms with E-state index < -0.39 is 5.82 Å². The summed E-state index contributed by atoms with van der Waals surface area (Å²) in [5, 5.41) is 2.74. The molecule has 0 fully saturated rings. The molecule has 2 aromatic rings. The Hall–Kier alpha value is -1.72. The fourth-order valence-corrected chi connectivity index (χ4v) is 2.14. The number of amides is 1. The van der Waals surface area contributed by atoms with Crippen molar-refractivity contribution in [1.29, 1.82) is 0 Å². The smallest absolute Gasteiger partial charge is 0.251 e. The standard InChI is InChI=1S/C15H14BrFN2O/c16-12-8-11(6-7-13(12)17)15(20)19-9-14(18)10-4-2-1-3-5-10/h1-8,14H,9,18H2,(H,19,20). The first-order valence-electron chi connectivity index (χ1n) is 6.11. The summed E-state index contributed by atoms with van der Waals surface area (Å²) in [6.45, 7) is 0.317. The molecule has 1 atom stereocenters. The molecule has 0 spiro atoms. The van der Waals surface area contributed by atoms with Crippen LogP contribution < -0.4 is 11.1 Å². The third kappa shape index (κ3) is 3.65. The molecule has 1 unspecified atom stereocenters. The Bertz CT molecular complexity index is 604. The van der Waals surface area contributed by atoms with Crippen LogP contribution in [0.3, 0.4) is 0 Å². The highest BCUT2D eigenvalue weighted by Crippen LogP contribution is 2.17. The quantitative estimate of drug-likeness (QED) is 0.901. The zero-order chi connectivity index (χ0) is 14.5. The summed E-state index contributed by atoms with van der Waals surface area (Å²) in [5.74, 6) is -0.681. The van der Waals surface area contributed by atoms with Crippen molar-refractivity contribution in [3.8, 4) is 0 Å². The Labute approximate surface area is 125 Å². The molecular weight excluding hydrogens is 323 g/mol. The van der Waals surface area contributed by atoms with E-state index in [1.54, 1.807) is 0 Å². The van der Waals surface area contributed by atoms with Gasteiger partial charge in [-0.05, 0) is 39.7 Å². The number of benzene rings is 2. The van der Waals surface area contributed by atoms with Crippen molar-refractivity contribution in [2.75, 3.05) is 6.54 Å². The van der Waals surface area contributed by atoms with Crippen LogP contribution in [0.1, 0.15) is 22.0 Å². The largest absolute Gasteiger partial charge is 0.350 e. The predicted molar refractivity (Wildman–Crippen MR) is 79.8 cm³/mol. The highest BCUT2D eigenvalue weighted by molar-refractivity contribution is 9.10. The Morgan fingerprint density at radius 3 is 2.60 bits per heavy atom. The van der Waals surface area contributed by atoms with E-state index in [1.807, 2.05) is 30.3 Å². The van der Waals surface area contributed by atoms with Crippen LogP contribution in [0.5, 0.6) is 0 Å². The second kappa shape index (κ2) is 6.63. The Balaban J connectivity index is 1.97. The predicted octanol–water partition coefficient (Wildman–Crippen LogP) is 3.02. The fourth-order valence-electron chi connectivity index (χ4n) is 1.76. The van der Waals surface area contributed by atoms with Crippen LogP contribution in [0.15, 0.2) is 53.0 Å². The van der Waals surface area contributed by atoms with E-state index >= 15 is 0 Å². The van der Waals surface area contributed by atoms with Crippen LogP contribution in [0.2, 0.25) is 0 Å². The van der Waals surface area contributed by atoms with E-state index in [4.69, 9.17) is 5.73 Å². The maximum atomic E-state index is 13.1.